The normalized spacial score (nSPS) is 12.3. The number of carbonyl (C=O) groups is 1. The van der Waals surface area contributed by atoms with Crippen molar-refractivity contribution in [1.29, 1.82) is 5.41 Å². The molecule has 0 unspecified atom stereocenters. The smallest absolute Gasteiger partial charge is 0.338 e. The van der Waals surface area contributed by atoms with E-state index in [1.54, 1.807) is 24.3 Å². The number of amidine groups is 2. The zero-order chi connectivity index (χ0) is 36.5. The monoisotopic (exact) mass is 707 g/mol. The van der Waals surface area contributed by atoms with E-state index in [0.717, 1.165) is 6.54 Å². The van der Waals surface area contributed by atoms with Crippen LogP contribution in [0, 0.1) is 17.0 Å². The first kappa shape index (κ1) is 36.3. The highest BCUT2D eigenvalue weighted by Gasteiger charge is 2.28. The van der Waals surface area contributed by atoms with E-state index in [-0.39, 0.29) is 53.2 Å². The molecular formula is C35H35F2N5O9. The van der Waals surface area contributed by atoms with Crippen molar-refractivity contribution in [2.45, 2.75) is 0 Å². The van der Waals surface area contributed by atoms with Crippen LogP contribution in [0.5, 0.6) is 46.3 Å². The molecule has 0 saturated heterocycles. The molecule has 0 saturated carbocycles. The minimum atomic E-state index is -1.41. The first-order valence-corrected chi connectivity index (χ1v) is 15.5. The van der Waals surface area contributed by atoms with Gasteiger partial charge in [-0.15, -0.1) is 0 Å². The van der Waals surface area contributed by atoms with Gasteiger partial charge in [0.05, 0.1) is 39.0 Å². The lowest BCUT2D eigenvalue weighted by molar-refractivity contribution is 0.0213. The molecule has 268 valence electrons. The minimum absolute atomic E-state index is 0.0271. The SMILES string of the molecule is COCCOCCOC(=O)c1ccc(Oc2c(F)c(Oc3cccc(C4=NCCN4C)c3)nc(Oc3cc(C(=N)N)ccc3O)c2F)c(OC)c1. The Hall–Kier alpha value is -6.00. The number of rotatable bonds is 16. The fourth-order valence-corrected chi connectivity index (χ4v) is 4.74. The summed E-state index contributed by atoms with van der Waals surface area (Å²) in [5.41, 5.74) is 6.48. The summed E-state index contributed by atoms with van der Waals surface area (Å²) in [5, 5.41) is 18.1. The molecular weight excluding hydrogens is 672 g/mol. The van der Waals surface area contributed by atoms with Gasteiger partial charge in [-0.05, 0) is 48.5 Å². The number of methoxy groups -OCH3 is 2. The van der Waals surface area contributed by atoms with Gasteiger partial charge in [-0.25, -0.2) is 4.79 Å². The van der Waals surface area contributed by atoms with Gasteiger partial charge in [-0.2, -0.15) is 13.8 Å². The molecule has 1 aromatic heterocycles. The molecule has 1 aliphatic heterocycles. The van der Waals surface area contributed by atoms with E-state index in [2.05, 4.69) is 9.98 Å². The lowest BCUT2D eigenvalue weighted by Gasteiger charge is -2.17. The van der Waals surface area contributed by atoms with Crippen molar-refractivity contribution in [3.05, 3.63) is 89.0 Å². The number of nitrogens with two attached hydrogens (primary N) is 1. The number of likely N-dealkylation sites (N-methyl/N-ethyl adjacent to an activating group) is 1. The highest BCUT2D eigenvalue weighted by molar-refractivity contribution is 6.00. The van der Waals surface area contributed by atoms with Crippen LogP contribution < -0.4 is 24.7 Å². The predicted molar refractivity (Wildman–Crippen MR) is 180 cm³/mol. The first-order chi connectivity index (χ1) is 24.6. The van der Waals surface area contributed by atoms with Crippen LogP contribution in [0.4, 0.5) is 8.78 Å². The molecule has 0 aliphatic carbocycles. The van der Waals surface area contributed by atoms with Crippen LogP contribution in [-0.2, 0) is 14.2 Å². The van der Waals surface area contributed by atoms with Crippen molar-refractivity contribution >= 4 is 17.6 Å². The van der Waals surface area contributed by atoms with Crippen molar-refractivity contribution in [3.8, 4) is 46.3 Å². The van der Waals surface area contributed by atoms with Crippen molar-refractivity contribution in [2.75, 3.05) is 60.8 Å². The predicted octanol–water partition coefficient (Wildman–Crippen LogP) is 5.25. The van der Waals surface area contributed by atoms with Crippen LogP contribution in [0.3, 0.4) is 0 Å². The van der Waals surface area contributed by atoms with Crippen LogP contribution in [0.15, 0.2) is 65.7 Å². The standard InChI is InChI=1S/C35H35F2N5O9/c1-42-12-11-40-32(42)21-5-4-6-23(17-21)49-33-28(36)30(29(37)34(41-33)51-26-18-20(31(38)39)7-9-24(26)43)50-25-10-8-22(19-27(25)46-3)35(44)48-16-15-47-14-13-45-2/h4-10,17-19,43H,11-16H2,1-3H3,(H3,38,39). The Bertz CT molecular complexity index is 1940. The number of aromatic nitrogens is 1. The number of pyridine rings is 1. The fourth-order valence-electron chi connectivity index (χ4n) is 4.74. The summed E-state index contributed by atoms with van der Waals surface area (Å²) in [7, 11) is 4.69. The molecule has 0 amide bonds. The third-order valence-electron chi connectivity index (χ3n) is 7.32. The number of halogens is 2. The summed E-state index contributed by atoms with van der Waals surface area (Å²) < 4.78 is 70.1. The summed E-state index contributed by atoms with van der Waals surface area (Å²) in [4.78, 5) is 23.0. The maximum Gasteiger partial charge on any atom is 0.338 e. The number of hydrogen-bond donors (Lipinski definition) is 3. The summed E-state index contributed by atoms with van der Waals surface area (Å²) in [6.07, 6.45) is 0. The second kappa shape index (κ2) is 16.6. The number of nitrogens with zero attached hydrogens (tertiary/aromatic N) is 3. The van der Waals surface area contributed by atoms with E-state index >= 15 is 8.78 Å². The Morgan fingerprint density at radius 1 is 0.902 bits per heavy atom. The van der Waals surface area contributed by atoms with E-state index in [1.807, 2.05) is 11.9 Å². The number of ether oxygens (including phenoxy) is 7. The van der Waals surface area contributed by atoms with Gasteiger partial charge in [-0.1, -0.05) is 12.1 Å². The minimum Gasteiger partial charge on any atom is -0.504 e. The maximum absolute atomic E-state index is 16.2. The molecule has 16 heteroatoms. The molecule has 0 atom stereocenters. The summed E-state index contributed by atoms with van der Waals surface area (Å²) >= 11 is 0. The Morgan fingerprint density at radius 2 is 1.63 bits per heavy atom. The van der Waals surface area contributed by atoms with Crippen molar-refractivity contribution in [3.63, 3.8) is 0 Å². The molecule has 0 fully saturated rings. The molecule has 5 rings (SSSR count). The highest BCUT2D eigenvalue weighted by atomic mass is 19.1. The van der Waals surface area contributed by atoms with Crippen LogP contribution in [0.25, 0.3) is 0 Å². The molecule has 0 bridgehead atoms. The average molecular weight is 708 g/mol. The van der Waals surface area contributed by atoms with Gasteiger partial charge >= 0.3 is 5.97 Å². The fraction of sp³-hybridized carbons (Fsp3) is 0.257. The molecule has 4 aromatic rings. The Labute approximate surface area is 291 Å². The molecule has 14 nitrogen and oxygen atoms in total. The second-order valence-electron chi connectivity index (χ2n) is 10.8. The molecule has 51 heavy (non-hydrogen) atoms. The van der Waals surface area contributed by atoms with E-state index < -0.39 is 40.9 Å². The number of hydrogen-bond acceptors (Lipinski definition) is 13. The molecule has 0 radical (unpaired) electrons. The Morgan fingerprint density at radius 3 is 2.33 bits per heavy atom. The van der Waals surface area contributed by atoms with Gasteiger partial charge in [0, 0.05) is 31.8 Å². The molecule has 1 aliphatic rings. The van der Waals surface area contributed by atoms with Crippen LogP contribution in [0.2, 0.25) is 0 Å². The molecule has 3 aromatic carbocycles. The maximum atomic E-state index is 16.2. The van der Waals surface area contributed by atoms with E-state index in [0.29, 0.717) is 31.2 Å². The zero-order valence-electron chi connectivity index (χ0n) is 27.9. The lowest BCUT2D eigenvalue weighted by atomic mass is 10.2. The van der Waals surface area contributed by atoms with Crippen LogP contribution in [0.1, 0.15) is 21.5 Å². The van der Waals surface area contributed by atoms with Gasteiger partial charge in [0.25, 0.3) is 11.8 Å². The molecule has 4 N–H and O–H groups in total. The largest absolute Gasteiger partial charge is 0.504 e. The highest BCUT2D eigenvalue weighted by Crippen LogP contribution is 2.43. The lowest BCUT2D eigenvalue weighted by Crippen LogP contribution is -2.23. The number of aliphatic imine (C=N–C) groups is 1. The molecule has 2 heterocycles. The number of nitrogen functional groups attached to an aromatic ring is 1. The third kappa shape index (κ3) is 8.78. The number of esters is 1. The number of benzene rings is 3. The average Bonchev–Trinajstić information content (AvgIpc) is 3.56. The van der Waals surface area contributed by atoms with Crippen molar-refractivity contribution < 1.29 is 51.8 Å². The van der Waals surface area contributed by atoms with E-state index in [4.69, 9.17) is 44.3 Å². The third-order valence-corrected chi connectivity index (χ3v) is 7.32. The number of carbonyl (C=O) groups excluding carboxylic acids is 1. The first-order valence-electron chi connectivity index (χ1n) is 15.5. The quantitative estimate of drug-likeness (QED) is 0.0597. The van der Waals surface area contributed by atoms with Gasteiger partial charge in [0.1, 0.15) is 24.0 Å². The number of phenolic OH excluding ortho intramolecular Hbond substituents is 1. The number of nitrogens with one attached hydrogen (secondary N) is 1. The van der Waals surface area contributed by atoms with Crippen molar-refractivity contribution in [2.24, 2.45) is 10.7 Å². The topological polar surface area (TPSA) is 180 Å². The van der Waals surface area contributed by atoms with Gasteiger partial charge < -0.3 is 48.9 Å². The van der Waals surface area contributed by atoms with Crippen LogP contribution in [-0.4, -0.2) is 93.4 Å². The summed E-state index contributed by atoms with van der Waals surface area (Å²) in [5.74, 6) is -6.62. The van der Waals surface area contributed by atoms with Gasteiger partial charge in [-0.3, -0.25) is 10.4 Å². The summed E-state index contributed by atoms with van der Waals surface area (Å²) in [6, 6.07) is 14.2. The number of phenols is 1. The zero-order valence-corrected chi connectivity index (χ0v) is 27.9. The number of aromatic hydroxyl groups is 1. The second-order valence-corrected chi connectivity index (χ2v) is 10.8. The van der Waals surface area contributed by atoms with E-state index in [1.165, 1.54) is 50.6 Å². The van der Waals surface area contributed by atoms with Gasteiger partial charge in [0.2, 0.25) is 17.4 Å². The Kier molecular flexibility index (Phi) is 11.8. The van der Waals surface area contributed by atoms with Gasteiger partial charge in [0.15, 0.2) is 23.0 Å². The van der Waals surface area contributed by atoms with Crippen LogP contribution >= 0.6 is 0 Å². The van der Waals surface area contributed by atoms with E-state index in [9.17, 15) is 9.90 Å². The Balaban J connectivity index is 1.48. The summed E-state index contributed by atoms with van der Waals surface area (Å²) in [6.45, 7) is 2.18. The van der Waals surface area contributed by atoms with Crippen molar-refractivity contribution in [1.82, 2.24) is 9.88 Å². The molecule has 0 spiro atoms.